The quantitative estimate of drug-likeness (QED) is 0.431. The van der Waals surface area contributed by atoms with E-state index in [1.807, 2.05) is 31.2 Å². The number of carbonyl (C=O) groups excluding carboxylic acids is 1. The third-order valence-electron chi connectivity index (χ3n) is 3.81. The highest BCUT2D eigenvalue weighted by Gasteiger charge is 2.20. The molecular formula is C19H24BNO6. The number of aryl methyl sites for hydroxylation is 1. The summed E-state index contributed by atoms with van der Waals surface area (Å²) in [6, 6.07) is 14.7. The molecule has 8 heteroatoms. The van der Waals surface area contributed by atoms with Gasteiger partial charge in [-0.2, -0.15) is 0 Å². The molecule has 0 heterocycles. The van der Waals surface area contributed by atoms with E-state index in [9.17, 15) is 4.79 Å². The Morgan fingerprint density at radius 2 is 1.70 bits per heavy atom. The summed E-state index contributed by atoms with van der Waals surface area (Å²) < 4.78 is 15.6. The van der Waals surface area contributed by atoms with Gasteiger partial charge in [-0.1, -0.05) is 29.8 Å². The maximum Gasteiger partial charge on any atom is 0.635 e. The summed E-state index contributed by atoms with van der Waals surface area (Å²) in [6.07, 6.45) is -0.453. The van der Waals surface area contributed by atoms with Gasteiger partial charge >= 0.3 is 7.32 Å². The lowest BCUT2D eigenvalue weighted by Crippen LogP contribution is -2.42. The second-order valence-electron chi connectivity index (χ2n) is 5.98. The Labute approximate surface area is 159 Å². The van der Waals surface area contributed by atoms with Crippen molar-refractivity contribution in [3.63, 3.8) is 0 Å². The number of hydrogen-bond acceptors (Lipinski definition) is 6. The standard InChI is InChI=1S/C19H24BNO6/c1-14-3-5-15(6-4-14)13-19(27-20(23)24)21-18(22)11-12-26-17-9-7-16(25-2)8-10-17/h3-10,19,23-24H,11-13H2,1-2H3,(H,21,22)/t19-/m1/s1. The number of benzene rings is 2. The van der Waals surface area contributed by atoms with Crippen LogP contribution < -0.4 is 14.8 Å². The van der Waals surface area contributed by atoms with Crippen LogP contribution in [0.4, 0.5) is 0 Å². The molecule has 0 saturated carbocycles. The Balaban J connectivity index is 1.82. The normalized spacial score (nSPS) is 11.6. The molecule has 7 nitrogen and oxygen atoms in total. The van der Waals surface area contributed by atoms with Gasteiger partial charge in [0.2, 0.25) is 5.91 Å². The maximum absolute atomic E-state index is 12.1. The average Bonchev–Trinajstić information content (AvgIpc) is 2.63. The topological polar surface area (TPSA) is 97.3 Å². The van der Waals surface area contributed by atoms with Crippen molar-refractivity contribution in [2.45, 2.75) is 26.0 Å². The molecular weight excluding hydrogens is 349 g/mol. The van der Waals surface area contributed by atoms with Gasteiger partial charge in [-0.05, 0) is 36.8 Å². The van der Waals surface area contributed by atoms with Gasteiger partial charge in [0.1, 0.15) is 17.7 Å². The lowest BCUT2D eigenvalue weighted by Gasteiger charge is -2.19. The Kier molecular flexibility index (Phi) is 8.13. The van der Waals surface area contributed by atoms with Crippen LogP contribution in [0, 0.1) is 6.92 Å². The number of ether oxygens (including phenoxy) is 2. The fourth-order valence-corrected chi connectivity index (χ4v) is 2.40. The van der Waals surface area contributed by atoms with E-state index in [4.69, 9.17) is 24.2 Å². The fraction of sp³-hybridized carbons (Fsp3) is 0.316. The maximum atomic E-state index is 12.1. The summed E-state index contributed by atoms with van der Waals surface area (Å²) in [5, 5.41) is 20.8. The molecule has 1 amide bonds. The number of rotatable bonds is 10. The molecule has 1 atom stereocenters. The minimum Gasteiger partial charge on any atom is -0.497 e. The molecule has 0 fully saturated rings. The summed E-state index contributed by atoms with van der Waals surface area (Å²) in [4.78, 5) is 12.1. The van der Waals surface area contributed by atoms with Gasteiger partial charge in [0.15, 0.2) is 0 Å². The highest BCUT2D eigenvalue weighted by Crippen LogP contribution is 2.17. The van der Waals surface area contributed by atoms with E-state index >= 15 is 0 Å². The molecule has 144 valence electrons. The zero-order chi connectivity index (χ0) is 19.6. The molecule has 0 spiro atoms. The molecule has 0 bridgehead atoms. The van der Waals surface area contributed by atoms with Gasteiger partial charge < -0.3 is 29.5 Å². The molecule has 0 saturated heterocycles. The second-order valence-corrected chi connectivity index (χ2v) is 5.98. The number of carbonyl (C=O) groups is 1. The molecule has 0 aliphatic carbocycles. The molecule has 0 radical (unpaired) electrons. The molecule has 0 aliphatic rings. The van der Waals surface area contributed by atoms with Crippen molar-refractivity contribution in [3.8, 4) is 11.5 Å². The van der Waals surface area contributed by atoms with Crippen molar-refractivity contribution in [1.82, 2.24) is 5.32 Å². The Hall–Kier alpha value is -2.55. The molecule has 0 unspecified atom stereocenters. The van der Waals surface area contributed by atoms with Crippen LogP contribution in [0.15, 0.2) is 48.5 Å². The molecule has 27 heavy (non-hydrogen) atoms. The van der Waals surface area contributed by atoms with E-state index in [2.05, 4.69) is 5.32 Å². The minimum atomic E-state index is -1.98. The van der Waals surface area contributed by atoms with Gasteiger partial charge in [-0.15, -0.1) is 0 Å². The zero-order valence-corrected chi connectivity index (χ0v) is 15.4. The predicted octanol–water partition coefficient (Wildman–Crippen LogP) is 1.44. The molecule has 2 aromatic rings. The summed E-state index contributed by atoms with van der Waals surface area (Å²) in [5.41, 5.74) is 2.01. The first-order chi connectivity index (χ1) is 13.0. The van der Waals surface area contributed by atoms with Crippen molar-refractivity contribution in [3.05, 3.63) is 59.7 Å². The summed E-state index contributed by atoms with van der Waals surface area (Å²) in [7, 11) is -0.394. The van der Waals surface area contributed by atoms with Crippen molar-refractivity contribution in [2.24, 2.45) is 0 Å². The van der Waals surface area contributed by atoms with Gasteiger partial charge in [0.25, 0.3) is 0 Å². The summed E-state index contributed by atoms with van der Waals surface area (Å²) in [5.74, 6) is 1.03. The van der Waals surface area contributed by atoms with Crippen LogP contribution in [-0.4, -0.2) is 43.2 Å². The first-order valence-electron chi connectivity index (χ1n) is 8.59. The highest BCUT2D eigenvalue weighted by molar-refractivity contribution is 6.32. The molecule has 0 aromatic heterocycles. The fourth-order valence-electron chi connectivity index (χ4n) is 2.40. The SMILES string of the molecule is COc1ccc(OCCC(=O)N[C@@H](Cc2ccc(C)cc2)OB(O)O)cc1. The van der Waals surface area contributed by atoms with Crippen LogP contribution in [0.5, 0.6) is 11.5 Å². The van der Waals surface area contributed by atoms with Gasteiger partial charge in [-0.25, -0.2) is 0 Å². The van der Waals surface area contributed by atoms with E-state index < -0.39 is 13.5 Å². The van der Waals surface area contributed by atoms with Gasteiger partial charge in [-0.3, -0.25) is 4.79 Å². The Bertz CT molecular complexity index is 705. The summed E-state index contributed by atoms with van der Waals surface area (Å²) >= 11 is 0. The minimum absolute atomic E-state index is 0.0985. The van der Waals surface area contributed by atoms with Crippen LogP contribution >= 0.6 is 0 Å². The van der Waals surface area contributed by atoms with E-state index in [1.54, 1.807) is 31.4 Å². The smallest absolute Gasteiger partial charge is 0.497 e. The lowest BCUT2D eigenvalue weighted by molar-refractivity contribution is -0.124. The van der Waals surface area contributed by atoms with E-state index in [1.165, 1.54) is 0 Å². The predicted molar refractivity (Wildman–Crippen MR) is 101 cm³/mol. The molecule has 2 rings (SSSR count). The van der Waals surface area contributed by atoms with E-state index in [-0.39, 0.29) is 18.9 Å². The van der Waals surface area contributed by atoms with Crippen molar-refractivity contribution < 1.29 is 29.0 Å². The van der Waals surface area contributed by atoms with E-state index in [0.29, 0.717) is 12.2 Å². The van der Waals surface area contributed by atoms with Crippen LogP contribution in [-0.2, 0) is 15.9 Å². The van der Waals surface area contributed by atoms with Crippen molar-refractivity contribution >= 4 is 13.2 Å². The van der Waals surface area contributed by atoms with Gasteiger partial charge in [0, 0.05) is 6.42 Å². The average molecular weight is 373 g/mol. The number of nitrogens with one attached hydrogen (secondary N) is 1. The van der Waals surface area contributed by atoms with Crippen molar-refractivity contribution in [2.75, 3.05) is 13.7 Å². The van der Waals surface area contributed by atoms with Crippen LogP contribution in [0.25, 0.3) is 0 Å². The third kappa shape index (κ3) is 7.70. The number of methoxy groups -OCH3 is 1. The highest BCUT2D eigenvalue weighted by atomic mass is 16.6. The molecule has 2 aromatic carbocycles. The van der Waals surface area contributed by atoms with Crippen LogP contribution in [0.1, 0.15) is 17.5 Å². The Morgan fingerprint density at radius 3 is 2.30 bits per heavy atom. The van der Waals surface area contributed by atoms with Gasteiger partial charge in [0.05, 0.1) is 20.1 Å². The lowest BCUT2D eigenvalue weighted by atomic mass is 10.1. The van der Waals surface area contributed by atoms with Crippen LogP contribution in [0.3, 0.4) is 0 Å². The molecule has 3 N–H and O–H groups in total. The van der Waals surface area contributed by atoms with Crippen LogP contribution in [0.2, 0.25) is 0 Å². The molecule has 0 aliphatic heterocycles. The first kappa shape index (κ1) is 20.8. The third-order valence-corrected chi connectivity index (χ3v) is 3.81. The largest absolute Gasteiger partial charge is 0.635 e. The van der Waals surface area contributed by atoms with Crippen molar-refractivity contribution in [1.29, 1.82) is 0 Å². The number of amides is 1. The van der Waals surface area contributed by atoms with E-state index in [0.717, 1.165) is 16.9 Å². The second kappa shape index (κ2) is 10.6. The monoisotopic (exact) mass is 373 g/mol. The summed E-state index contributed by atoms with van der Waals surface area (Å²) in [6.45, 7) is 2.15. The number of hydrogen-bond donors (Lipinski definition) is 3. The first-order valence-corrected chi connectivity index (χ1v) is 8.59. The Morgan fingerprint density at radius 1 is 1.07 bits per heavy atom. The zero-order valence-electron chi connectivity index (χ0n) is 15.4.